The van der Waals surface area contributed by atoms with E-state index in [9.17, 15) is 4.79 Å². The number of aromatic nitrogens is 4. The molecule has 9 heteroatoms. The molecule has 2 aromatic heterocycles. The van der Waals surface area contributed by atoms with Crippen molar-refractivity contribution in [2.75, 3.05) is 18.9 Å². The number of nitrogen functional groups attached to an aromatic ring is 1. The van der Waals surface area contributed by atoms with Gasteiger partial charge in [0.2, 0.25) is 5.95 Å². The third-order valence-corrected chi connectivity index (χ3v) is 2.56. The summed E-state index contributed by atoms with van der Waals surface area (Å²) in [6.45, 7) is 2.08. The van der Waals surface area contributed by atoms with Gasteiger partial charge in [-0.25, -0.2) is 9.97 Å². The van der Waals surface area contributed by atoms with Crippen molar-refractivity contribution in [3.8, 4) is 0 Å². The molecule has 2 aromatic rings. The van der Waals surface area contributed by atoms with Crippen LogP contribution in [0.2, 0.25) is 0 Å². The maximum Gasteiger partial charge on any atom is 0.302 e. The fourth-order valence-electron chi connectivity index (χ4n) is 1.51. The van der Waals surface area contributed by atoms with Crippen LogP contribution >= 0.6 is 12.2 Å². The molecule has 2 heterocycles. The summed E-state index contributed by atoms with van der Waals surface area (Å²) in [5.74, 6) is -0.114. The van der Waals surface area contributed by atoms with E-state index in [2.05, 4.69) is 15.0 Å². The van der Waals surface area contributed by atoms with Crippen molar-refractivity contribution in [2.45, 2.75) is 13.7 Å². The number of carbonyl (C=O) groups excluding carboxylic acids is 1. The van der Waals surface area contributed by atoms with Gasteiger partial charge in [0.25, 0.3) is 0 Å². The van der Waals surface area contributed by atoms with Gasteiger partial charge in [-0.3, -0.25) is 4.79 Å². The zero-order chi connectivity index (χ0) is 13.8. The molecule has 102 valence electrons. The number of hydrogen-bond donors (Lipinski definition) is 2. The summed E-state index contributed by atoms with van der Waals surface area (Å²) in [6.07, 6.45) is 1.57. The summed E-state index contributed by atoms with van der Waals surface area (Å²) in [4.78, 5) is 21.4. The molecule has 8 nitrogen and oxygen atoms in total. The molecular weight excluding hydrogens is 270 g/mol. The molecule has 0 unspecified atom stereocenters. The Labute approximate surface area is 113 Å². The van der Waals surface area contributed by atoms with E-state index in [4.69, 9.17) is 27.4 Å². The first-order valence-corrected chi connectivity index (χ1v) is 5.90. The molecular formula is C10H13N5O3S. The second-order valence-corrected chi connectivity index (χ2v) is 4.10. The van der Waals surface area contributed by atoms with E-state index >= 15 is 0 Å². The van der Waals surface area contributed by atoms with Crippen molar-refractivity contribution in [2.24, 2.45) is 0 Å². The highest BCUT2D eigenvalue weighted by atomic mass is 32.1. The molecule has 0 aliphatic rings. The molecule has 0 aliphatic carbocycles. The Morgan fingerprint density at radius 2 is 2.37 bits per heavy atom. The number of nitrogens with zero attached hydrogens (tertiary/aromatic N) is 3. The molecule has 0 amide bonds. The Balaban J connectivity index is 2.02. The number of esters is 1. The SMILES string of the molecule is CC(=O)OCCOCn1cnc2[nH]c(N)nc(=S)c21. The lowest BCUT2D eigenvalue weighted by molar-refractivity contribution is -0.142. The van der Waals surface area contributed by atoms with Crippen LogP contribution in [0, 0.1) is 4.64 Å². The van der Waals surface area contributed by atoms with Crippen LogP contribution in [0.25, 0.3) is 11.2 Å². The highest BCUT2D eigenvalue weighted by molar-refractivity contribution is 7.71. The average Bonchev–Trinajstić information content (AvgIpc) is 2.71. The number of H-pyrrole nitrogens is 1. The minimum absolute atomic E-state index is 0.208. The van der Waals surface area contributed by atoms with Gasteiger partial charge in [0.15, 0.2) is 10.3 Å². The predicted octanol–water partition coefficient (Wildman–Crippen LogP) is 0.608. The van der Waals surface area contributed by atoms with Gasteiger partial charge in [0, 0.05) is 6.92 Å². The molecule has 0 atom stereocenters. The highest BCUT2D eigenvalue weighted by Crippen LogP contribution is 2.12. The van der Waals surface area contributed by atoms with Crippen LogP contribution in [0.1, 0.15) is 6.92 Å². The van der Waals surface area contributed by atoms with Gasteiger partial charge in [-0.2, -0.15) is 0 Å². The predicted molar refractivity (Wildman–Crippen MR) is 69.7 cm³/mol. The Bertz CT molecular complexity index is 650. The number of rotatable bonds is 5. The summed E-state index contributed by atoms with van der Waals surface area (Å²) >= 11 is 5.12. The van der Waals surface area contributed by atoms with Crippen LogP contribution in [0.3, 0.4) is 0 Å². The number of fused-ring (bicyclic) bond motifs is 1. The van der Waals surface area contributed by atoms with E-state index in [0.29, 0.717) is 15.8 Å². The molecule has 19 heavy (non-hydrogen) atoms. The first-order chi connectivity index (χ1) is 9.08. The molecule has 3 N–H and O–H groups in total. The molecule has 0 spiro atoms. The first kappa shape index (κ1) is 13.4. The van der Waals surface area contributed by atoms with Crippen LogP contribution < -0.4 is 5.73 Å². The van der Waals surface area contributed by atoms with Gasteiger partial charge < -0.3 is 24.8 Å². The van der Waals surface area contributed by atoms with Crippen molar-refractivity contribution < 1.29 is 14.3 Å². The van der Waals surface area contributed by atoms with E-state index in [-0.39, 0.29) is 31.9 Å². The summed E-state index contributed by atoms with van der Waals surface area (Å²) in [5, 5.41) is 0. The molecule has 0 saturated carbocycles. The molecule has 0 saturated heterocycles. The lowest BCUT2D eigenvalue weighted by Gasteiger charge is -2.06. The summed E-state index contributed by atoms with van der Waals surface area (Å²) in [6, 6.07) is 0. The van der Waals surface area contributed by atoms with Gasteiger partial charge in [-0.15, -0.1) is 0 Å². The molecule has 0 fully saturated rings. The fourth-order valence-corrected chi connectivity index (χ4v) is 1.83. The lowest BCUT2D eigenvalue weighted by atomic mass is 10.5. The van der Waals surface area contributed by atoms with E-state index in [1.165, 1.54) is 6.92 Å². The minimum atomic E-state index is -0.334. The second kappa shape index (κ2) is 5.76. The van der Waals surface area contributed by atoms with E-state index in [1.807, 2.05) is 0 Å². The van der Waals surface area contributed by atoms with E-state index < -0.39 is 0 Å². The van der Waals surface area contributed by atoms with Gasteiger partial charge in [0.05, 0.1) is 12.9 Å². The van der Waals surface area contributed by atoms with Crippen molar-refractivity contribution >= 4 is 35.3 Å². The highest BCUT2D eigenvalue weighted by Gasteiger charge is 2.06. The van der Waals surface area contributed by atoms with Gasteiger partial charge in [0.1, 0.15) is 18.9 Å². The molecule has 0 aromatic carbocycles. The Morgan fingerprint density at radius 1 is 1.58 bits per heavy atom. The van der Waals surface area contributed by atoms with Crippen molar-refractivity contribution in [3.05, 3.63) is 11.0 Å². The quantitative estimate of drug-likeness (QED) is 0.470. The summed E-state index contributed by atoms with van der Waals surface area (Å²) < 4.78 is 12.1. The first-order valence-electron chi connectivity index (χ1n) is 5.49. The van der Waals surface area contributed by atoms with E-state index in [0.717, 1.165) is 0 Å². The lowest BCUT2D eigenvalue weighted by Crippen LogP contribution is -2.10. The van der Waals surface area contributed by atoms with Gasteiger partial charge in [-0.1, -0.05) is 12.2 Å². The smallest absolute Gasteiger partial charge is 0.302 e. The summed E-state index contributed by atoms with van der Waals surface area (Å²) in [7, 11) is 0. The third kappa shape index (κ3) is 3.26. The standard InChI is InChI=1S/C10H13N5O3S/c1-6(16)18-3-2-17-5-15-4-12-8-7(15)9(19)14-10(11)13-8/h4H,2-3,5H2,1H3,(H3,11,13,14,19). The minimum Gasteiger partial charge on any atom is -0.463 e. The van der Waals surface area contributed by atoms with Crippen molar-refractivity contribution in [1.29, 1.82) is 0 Å². The third-order valence-electron chi connectivity index (χ3n) is 2.27. The van der Waals surface area contributed by atoms with Crippen molar-refractivity contribution in [1.82, 2.24) is 19.5 Å². The monoisotopic (exact) mass is 283 g/mol. The number of nitrogens with two attached hydrogens (primary N) is 1. The van der Waals surface area contributed by atoms with Crippen LogP contribution in [0.5, 0.6) is 0 Å². The summed E-state index contributed by atoms with van der Waals surface area (Å²) in [5.41, 5.74) is 6.75. The Hall–Kier alpha value is -2.00. The average molecular weight is 283 g/mol. The zero-order valence-corrected chi connectivity index (χ0v) is 11.1. The second-order valence-electron chi connectivity index (χ2n) is 3.72. The topological polar surface area (TPSA) is 108 Å². The number of ether oxygens (including phenoxy) is 2. The number of anilines is 1. The van der Waals surface area contributed by atoms with E-state index in [1.54, 1.807) is 10.9 Å². The van der Waals surface area contributed by atoms with Crippen LogP contribution in [-0.2, 0) is 21.0 Å². The molecule has 2 rings (SSSR count). The van der Waals surface area contributed by atoms with Gasteiger partial charge >= 0.3 is 5.97 Å². The van der Waals surface area contributed by atoms with Gasteiger partial charge in [-0.05, 0) is 0 Å². The van der Waals surface area contributed by atoms with Crippen LogP contribution in [-0.4, -0.2) is 38.7 Å². The number of nitrogens with one attached hydrogen (secondary N) is 1. The fraction of sp³-hybridized carbons (Fsp3) is 0.400. The molecule has 0 bridgehead atoms. The Kier molecular flexibility index (Phi) is 4.07. The van der Waals surface area contributed by atoms with Crippen LogP contribution in [0.15, 0.2) is 6.33 Å². The number of aromatic amines is 1. The number of carbonyl (C=O) groups is 1. The molecule has 0 aliphatic heterocycles. The normalized spacial score (nSPS) is 10.8. The maximum absolute atomic E-state index is 10.6. The Morgan fingerprint density at radius 3 is 3.11 bits per heavy atom. The van der Waals surface area contributed by atoms with Crippen LogP contribution in [0.4, 0.5) is 5.95 Å². The zero-order valence-electron chi connectivity index (χ0n) is 10.3. The number of hydrogen-bond acceptors (Lipinski definition) is 7. The maximum atomic E-state index is 10.6. The largest absolute Gasteiger partial charge is 0.463 e. The molecule has 0 radical (unpaired) electrons. The number of imidazole rings is 1. The van der Waals surface area contributed by atoms with Crippen molar-refractivity contribution in [3.63, 3.8) is 0 Å².